The molecule has 0 fully saturated rings. The number of hydrogen-bond acceptors (Lipinski definition) is 1. The third kappa shape index (κ3) is 1.54. The van der Waals surface area contributed by atoms with Crippen LogP contribution in [0.4, 0.5) is 0 Å². The van der Waals surface area contributed by atoms with Crippen molar-refractivity contribution in [3.8, 4) is 0 Å². The number of amides is 1. The Morgan fingerprint density at radius 2 is 1.93 bits per heavy atom. The molecule has 15 heavy (non-hydrogen) atoms. The molecular weight excluding hydrogens is 186 g/mol. The number of nitrogens with one attached hydrogen (secondary N) is 1. The van der Waals surface area contributed by atoms with Crippen LogP contribution in [-0.2, 0) is 16.8 Å². The number of carbonyl (C=O) groups excluding carboxylic acids is 1. The predicted molar refractivity (Wildman–Crippen MR) is 60.5 cm³/mol. The maximum Gasteiger partial charge on any atom is 0.225 e. The minimum Gasteiger partial charge on any atom is -0.346 e. The van der Waals surface area contributed by atoms with Crippen LogP contribution in [0, 0.1) is 0 Å². The number of rotatable bonds is 2. The molecule has 1 aromatic carbocycles. The smallest absolute Gasteiger partial charge is 0.225 e. The van der Waals surface area contributed by atoms with Crippen LogP contribution in [0.1, 0.15) is 37.8 Å². The number of hydrogen-bond donors (Lipinski definition) is 1. The van der Waals surface area contributed by atoms with E-state index in [-0.39, 0.29) is 11.4 Å². The molecular formula is C13H17NO. The van der Waals surface area contributed by atoms with Gasteiger partial charge in [-0.1, -0.05) is 38.1 Å². The fraction of sp³-hybridized carbons (Fsp3) is 0.462. The lowest BCUT2D eigenvalue weighted by molar-refractivity contribution is -0.123. The van der Waals surface area contributed by atoms with Crippen molar-refractivity contribution in [3.63, 3.8) is 0 Å². The van der Waals surface area contributed by atoms with Crippen molar-refractivity contribution in [2.24, 2.45) is 0 Å². The summed E-state index contributed by atoms with van der Waals surface area (Å²) in [5, 5.41) is 3.15. The van der Waals surface area contributed by atoms with E-state index in [2.05, 4.69) is 37.4 Å². The van der Waals surface area contributed by atoms with Gasteiger partial charge in [0.2, 0.25) is 5.91 Å². The minimum absolute atomic E-state index is 0.133. The fourth-order valence-electron chi connectivity index (χ4n) is 2.50. The first kappa shape index (κ1) is 10.2. The van der Waals surface area contributed by atoms with E-state index in [1.807, 2.05) is 6.07 Å². The van der Waals surface area contributed by atoms with Gasteiger partial charge in [0, 0.05) is 0 Å². The van der Waals surface area contributed by atoms with E-state index < -0.39 is 0 Å². The number of benzene rings is 1. The summed E-state index contributed by atoms with van der Waals surface area (Å²) in [4.78, 5) is 11.6. The Morgan fingerprint density at radius 1 is 1.27 bits per heavy atom. The number of fused-ring (bicyclic) bond motifs is 1. The molecule has 0 aliphatic carbocycles. The van der Waals surface area contributed by atoms with E-state index in [1.165, 1.54) is 11.1 Å². The van der Waals surface area contributed by atoms with Crippen molar-refractivity contribution in [2.75, 3.05) is 0 Å². The van der Waals surface area contributed by atoms with Crippen molar-refractivity contribution in [1.29, 1.82) is 0 Å². The van der Waals surface area contributed by atoms with Crippen LogP contribution in [0.3, 0.4) is 0 Å². The van der Waals surface area contributed by atoms with Gasteiger partial charge in [0.25, 0.3) is 0 Å². The Labute approximate surface area is 90.7 Å². The Balaban J connectivity index is 2.55. The maximum atomic E-state index is 11.6. The van der Waals surface area contributed by atoms with Gasteiger partial charge in [0.15, 0.2) is 0 Å². The summed E-state index contributed by atoms with van der Waals surface area (Å²) < 4.78 is 0. The van der Waals surface area contributed by atoms with Gasteiger partial charge in [0.05, 0.1) is 12.0 Å². The molecule has 0 unspecified atom stereocenters. The first-order chi connectivity index (χ1) is 7.22. The maximum absolute atomic E-state index is 11.6. The zero-order valence-electron chi connectivity index (χ0n) is 9.34. The SMILES string of the molecule is CCC1(CC)NC(=O)Cc2ccccc21. The third-order valence-corrected chi connectivity index (χ3v) is 3.47. The van der Waals surface area contributed by atoms with Crippen molar-refractivity contribution < 1.29 is 4.79 Å². The molecule has 0 bridgehead atoms. The first-order valence-corrected chi connectivity index (χ1v) is 5.61. The molecule has 2 heteroatoms. The quantitative estimate of drug-likeness (QED) is 0.785. The molecule has 2 nitrogen and oxygen atoms in total. The second kappa shape index (κ2) is 3.69. The van der Waals surface area contributed by atoms with E-state index in [0.29, 0.717) is 6.42 Å². The van der Waals surface area contributed by atoms with Gasteiger partial charge in [-0.2, -0.15) is 0 Å². The Bertz CT molecular complexity index is 380. The van der Waals surface area contributed by atoms with Crippen molar-refractivity contribution in [2.45, 2.75) is 38.6 Å². The number of carbonyl (C=O) groups is 1. The molecule has 80 valence electrons. The Hall–Kier alpha value is -1.31. The summed E-state index contributed by atoms with van der Waals surface area (Å²) in [6, 6.07) is 8.26. The molecule has 0 radical (unpaired) electrons. The van der Waals surface area contributed by atoms with E-state index in [1.54, 1.807) is 0 Å². The Morgan fingerprint density at radius 3 is 2.60 bits per heavy atom. The monoisotopic (exact) mass is 203 g/mol. The molecule has 1 N–H and O–H groups in total. The van der Waals surface area contributed by atoms with Crippen LogP contribution in [0.25, 0.3) is 0 Å². The minimum atomic E-state index is -0.133. The zero-order valence-corrected chi connectivity index (χ0v) is 9.34. The highest BCUT2D eigenvalue weighted by molar-refractivity contribution is 5.82. The molecule has 0 saturated heterocycles. The average Bonchev–Trinajstić information content (AvgIpc) is 2.27. The van der Waals surface area contributed by atoms with Crippen molar-refractivity contribution in [1.82, 2.24) is 5.32 Å². The topological polar surface area (TPSA) is 29.1 Å². The van der Waals surface area contributed by atoms with Gasteiger partial charge in [-0.05, 0) is 24.0 Å². The second-order valence-corrected chi connectivity index (χ2v) is 4.17. The summed E-state index contributed by atoms with van der Waals surface area (Å²) in [6.07, 6.45) is 2.43. The summed E-state index contributed by atoms with van der Waals surface area (Å²) >= 11 is 0. The molecule has 1 aromatic rings. The van der Waals surface area contributed by atoms with Crippen molar-refractivity contribution >= 4 is 5.91 Å². The van der Waals surface area contributed by atoms with E-state index in [4.69, 9.17) is 0 Å². The molecule has 2 rings (SSSR count). The van der Waals surface area contributed by atoms with Crippen LogP contribution < -0.4 is 5.32 Å². The van der Waals surface area contributed by atoms with Crippen LogP contribution in [0.2, 0.25) is 0 Å². The van der Waals surface area contributed by atoms with Gasteiger partial charge in [-0.3, -0.25) is 4.79 Å². The standard InChI is InChI=1S/C13H17NO/c1-3-13(4-2)11-8-6-5-7-10(11)9-12(15)14-13/h5-8H,3-4,9H2,1-2H3,(H,14,15). The summed E-state index contributed by atoms with van der Waals surface area (Å²) in [6.45, 7) is 4.26. The van der Waals surface area contributed by atoms with Gasteiger partial charge >= 0.3 is 0 Å². The highest BCUT2D eigenvalue weighted by Crippen LogP contribution is 2.34. The van der Waals surface area contributed by atoms with Gasteiger partial charge in [-0.15, -0.1) is 0 Å². The van der Waals surface area contributed by atoms with Crippen LogP contribution in [0.5, 0.6) is 0 Å². The fourth-order valence-corrected chi connectivity index (χ4v) is 2.50. The van der Waals surface area contributed by atoms with Crippen LogP contribution in [-0.4, -0.2) is 5.91 Å². The second-order valence-electron chi connectivity index (χ2n) is 4.17. The van der Waals surface area contributed by atoms with Crippen LogP contribution in [0.15, 0.2) is 24.3 Å². The Kier molecular flexibility index (Phi) is 2.51. The van der Waals surface area contributed by atoms with Gasteiger partial charge < -0.3 is 5.32 Å². The molecule has 0 saturated carbocycles. The highest BCUT2D eigenvalue weighted by Gasteiger charge is 2.35. The molecule has 1 heterocycles. The van der Waals surface area contributed by atoms with Gasteiger partial charge in [0.1, 0.15) is 0 Å². The first-order valence-electron chi connectivity index (χ1n) is 5.61. The summed E-state index contributed by atoms with van der Waals surface area (Å²) in [7, 11) is 0. The average molecular weight is 203 g/mol. The zero-order chi connectivity index (χ0) is 10.9. The third-order valence-electron chi connectivity index (χ3n) is 3.47. The normalized spacial score (nSPS) is 18.1. The largest absolute Gasteiger partial charge is 0.346 e. The lowest BCUT2D eigenvalue weighted by Gasteiger charge is -2.38. The molecule has 1 aliphatic heterocycles. The van der Waals surface area contributed by atoms with Gasteiger partial charge in [-0.25, -0.2) is 0 Å². The molecule has 1 aliphatic rings. The predicted octanol–water partition coefficient (Wildman–Crippen LogP) is 2.37. The van der Waals surface area contributed by atoms with Crippen LogP contribution >= 0.6 is 0 Å². The van der Waals surface area contributed by atoms with Crippen molar-refractivity contribution in [3.05, 3.63) is 35.4 Å². The highest BCUT2D eigenvalue weighted by atomic mass is 16.1. The molecule has 0 spiro atoms. The lowest BCUT2D eigenvalue weighted by Crippen LogP contribution is -2.49. The van der Waals surface area contributed by atoms with E-state index in [9.17, 15) is 4.79 Å². The van der Waals surface area contributed by atoms with E-state index >= 15 is 0 Å². The molecule has 1 amide bonds. The van der Waals surface area contributed by atoms with E-state index in [0.717, 1.165) is 12.8 Å². The summed E-state index contributed by atoms with van der Waals surface area (Å²) in [5.41, 5.74) is 2.35. The lowest BCUT2D eigenvalue weighted by atomic mass is 9.78. The summed E-state index contributed by atoms with van der Waals surface area (Å²) in [5.74, 6) is 0.150. The molecule has 0 aromatic heterocycles. The molecule has 0 atom stereocenters.